The van der Waals surface area contributed by atoms with E-state index in [4.69, 9.17) is 9.84 Å². The van der Waals surface area contributed by atoms with Crippen molar-refractivity contribution >= 4 is 11.8 Å². The van der Waals surface area contributed by atoms with Gasteiger partial charge in [-0.3, -0.25) is 9.59 Å². The number of carboxylic acids is 1. The first-order chi connectivity index (χ1) is 9.06. The van der Waals surface area contributed by atoms with Gasteiger partial charge in [-0.05, 0) is 31.4 Å². The van der Waals surface area contributed by atoms with Crippen molar-refractivity contribution in [3.8, 4) is 11.5 Å². The molecular formula is C14H16O5. The largest absolute Gasteiger partial charge is 0.508 e. The number of aromatic hydroxyl groups is 1. The maximum atomic E-state index is 11.9. The number of rotatable bonds is 5. The zero-order valence-corrected chi connectivity index (χ0v) is 10.5. The van der Waals surface area contributed by atoms with E-state index in [-0.39, 0.29) is 24.1 Å². The highest BCUT2D eigenvalue weighted by molar-refractivity contribution is 6.00. The summed E-state index contributed by atoms with van der Waals surface area (Å²) in [7, 11) is 0. The molecule has 0 bridgehead atoms. The van der Waals surface area contributed by atoms with Crippen LogP contribution in [0.5, 0.6) is 11.5 Å². The molecule has 1 unspecified atom stereocenters. The molecule has 1 aliphatic rings. The van der Waals surface area contributed by atoms with E-state index in [1.165, 1.54) is 12.1 Å². The summed E-state index contributed by atoms with van der Waals surface area (Å²) >= 11 is 0. The van der Waals surface area contributed by atoms with Crippen LogP contribution in [0.25, 0.3) is 0 Å². The number of ketones is 1. The average molecular weight is 264 g/mol. The van der Waals surface area contributed by atoms with E-state index < -0.39 is 5.97 Å². The lowest BCUT2D eigenvalue weighted by molar-refractivity contribution is -0.137. The molecule has 0 fully saturated rings. The van der Waals surface area contributed by atoms with E-state index >= 15 is 0 Å². The molecule has 1 aromatic rings. The van der Waals surface area contributed by atoms with E-state index in [1.54, 1.807) is 6.07 Å². The third-order valence-corrected chi connectivity index (χ3v) is 3.14. The van der Waals surface area contributed by atoms with E-state index in [2.05, 4.69) is 0 Å². The minimum Gasteiger partial charge on any atom is -0.508 e. The number of hydrogen-bond acceptors (Lipinski definition) is 4. The van der Waals surface area contributed by atoms with Gasteiger partial charge in [0.2, 0.25) is 0 Å². The summed E-state index contributed by atoms with van der Waals surface area (Å²) < 4.78 is 5.66. The fourth-order valence-corrected chi connectivity index (χ4v) is 2.19. The predicted octanol–water partition coefficient (Wildman–Crippen LogP) is 2.37. The molecule has 0 aliphatic carbocycles. The molecule has 0 spiro atoms. The van der Waals surface area contributed by atoms with Gasteiger partial charge in [0.25, 0.3) is 0 Å². The number of phenolic OH excluding ortho intramolecular Hbond substituents is 1. The Morgan fingerprint density at radius 3 is 2.89 bits per heavy atom. The van der Waals surface area contributed by atoms with Gasteiger partial charge in [-0.25, -0.2) is 0 Å². The van der Waals surface area contributed by atoms with Gasteiger partial charge < -0.3 is 14.9 Å². The Hall–Kier alpha value is -2.04. The minimum atomic E-state index is -0.809. The van der Waals surface area contributed by atoms with Crippen molar-refractivity contribution in [2.75, 3.05) is 0 Å². The Balaban J connectivity index is 1.93. The molecule has 1 atom stereocenters. The number of benzene rings is 1. The molecule has 0 aromatic heterocycles. The third-order valence-electron chi connectivity index (χ3n) is 3.14. The molecule has 0 saturated carbocycles. The second-order valence-corrected chi connectivity index (χ2v) is 4.69. The van der Waals surface area contributed by atoms with Crippen molar-refractivity contribution in [1.82, 2.24) is 0 Å². The van der Waals surface area contributed by atoms with Crippen molar-refractivity contribution in [3.05, 3.63) is 23.8 Å². The smallest absolute Gasteiger partial charge is 0.303 e. The molecular weight excluding hydrogens is 248 g/mol. The molecule has 5 nitrogen and oxygen atoms in total. The Morgan fingerprint density at radius 1 is 1.37 bits per heavy atom. The van der Waals surface area contributed by atoms with Crippen LogP contribution in [0.15, 0.2) is 18.2 Å². The van der Waals surface area contributed by atoms with Crippen LogP contribution in [0.4, 0.5) is 0 Å². The molecule has 102 valence electrons. The summed E-state index contributed by atoms with van der Waals surface area (Å²) in [6.07, 6.45) is 2.15. The Kier molecular flexibility index (Phi) is 4.04. The topological polar surface area (TPSA) is 83.8 Å². The number of fused-ring (bicyclic) bond motifs is 1. The van der Waals surface area contributed by atoms with Gasteiger partial charge in [-0.2, -0.15) is 0 Å². The number of aliphatic carboxylic acids is 1. The fourth-order valence-electron chi connectivity index (χ4n) is 2.19. The highest BCUT2D eigenvalue weighted by Gasteiger charge is 2.26. The first-order valence-electron chi connectivity index (χ1n) is 6.31. The lowest BCUT2D eigenvalue weighted by Crippen LogP contribution is -2.26. The van der Waals surface area contributed by atoms with Crippen LogP contribution in [0.2, 0.25) is 0 Å². The average Bonchev–Trinajstić information content (AvgIpc) is 2.34. The molecule has 2 N–H and O–H groups in total. The van der Waals surface area contributed by atoms with Crippen LogP contribution in [0.3, 0.4) is 0 Å². The summed E-state index contributed by atoms with van der Waals surface area (Å²) in [6, 6.07) is 4.47. The minimum absolute atomic E-state index is 0.00415. The monoisotopic (exact) mass is 264 g/mol. The van der Waals surface area contributed by atoms with Gasteiger partial charge in [0.15, 0.2) is 5.78 Å². The lowest BCUT2D eigenvalue weighted by atomic mass is 9.97. The summed E-state index contributed by atoms with van der Waals surface area (Å²) in [5.41, 5.74) is 0.500. The van der Waals surface area contributed by atoms with E-state index in [1.807, 2.05) is 0 Å². The van der Waals surface area contributed by atoms with Crippen molar-refractivity contribution < 1.29 is 24.5 Å². The Morgan fingerprint density at radius 2 is 2.16 bits per heavy atom. The van der Waals surface area contributed by atoms with Crippen LogP contribution in [0.1, 0.15) is 42.5 Å². The second-order valence-electron chi connectivity index (χ2n) is 4.69. The molecule has 0 saturated heterocycles. The Bertz CT molecular complexity index is 495. The molecule has 5 heteroatoms. The van der Waals surface area contributed by atoms with Crippen LogP contribution in [0, 0.1) is 0 Å². The molecule has 1 heterocycles. The zero-order chi connectivity index (χ0) is 13.8. The molecule has 2 rings (SSSR count). The number of carbonyl (C=O) groups is 2. The fraction of sp³-hybridized carbons (Fsp3) is 0.429. The highest BCUT2D eigenvalue weighted by Crippen LogP contribution is 2.32. The summed E-state index contributed by atoms with van der Waals surface area (Å²) in [4.78, 5) is 22.3. The van der Waals surface area contributed by atoms with Crippen molar-refractivity contribution in [1.29, 1.82) is 0 Å². The van der Waals surface area contributed by atoms with Crippen LogP contribution >= 0.6 is 0 Å². The van der Waals surface area contributed by atoms with Crippen molar-refractivity contribution in [2.45, 2.75) is 38.2 Å². The number of carbonyl (C=O) groups excluding carboxylic acids is 1. The zero-order valence-electron chi connectivity index (χ0n) is 10.5. The number of ether oxygens (including phenoxy) is 1. The van der Waals surface area contributed by atoms with E-state index in [9.17, 15) is 14.7 Å². The highest BCUT2D eigenvalue weighted by atomic mass is 16.5. The normalized spacial score (nSPS) is 17.7. The molecule has 1 aliphatic heterocycles. The second kappa shape index (κ2) is 5.73. The van der Waals surface area contributed by atoms with Crippen molar-refractivity contribution in [3.63, 3.8) is 0 Å². The lowest BCUT2D eigenvalue weighted by Gasteiger charge is -2.25. The molecule has 1 aromatic carbocycles. The summed E-state index contributed by atoms with van der Waals surface area (Å²) in [6.45, 7) is 0. The van der Waals surface area contributed by atoms with Crippen LogP contribution in [-0.2, 0) is 4.79 Å². The van der Waals surface area contributed by atoms with Crippen LogP contribution < -0.4 is 4.74 Å². The van der Waals surface area contributed by atoms with Gasteiger partial charge in [0.05, 0.1) is 5.56 Å². The first kappa shape index (κ1) is 13.4. The van der Waals surface area contributed by atoms with Crippen LogP contribution in [-0.4, -0.2) is 28.1 Å². The van der Waals surface area contributed by atoms with E-state index in [0.717, 1.165) is 0 Å². The molecule has 0 amide bonds. The first-order valence-corrected chi connectivity index (χ1v) is 6.31. The molecule has 0 radical (unpaired) electrons. The van der Waals surface area contributed by atoms with E-state index in [0.29, 0.717) is 37.0 Å². The maximum absolute atomic E-state index is 11.9. The van der Waals surface area contributed by atoms with Gasteiger partial charge in [-0.1, -0.05) is 0 Å². The standard InChI is InChI=1S/C14H16O5/c15-9-5-6-11-12(16)8-10(19-13(11)7-9)3-1-2-4-14(17)18/h5-7,10,15H,1-4,8H2,(H,17,18). The number of Topliss-reactive ketones (excluding diaryl/α,β-unsaturated/α-hetero) is 1. The third kappa shape index (κ3) is 3.47. The van der Waals surface area contributed by atoms with Gasteiger partial charge in [0.1, 0.15) is 17.6 Å². The molecule has 19 heavy (non-hydrogen) atoms. The number of unbranched alkanes of at least 4 members (excludes halogenated alkanes) is 1. The van der Waals surface area contributed by atoms with Gasteiger partial charge in [-0.15, -0.1) is 0 Å². The number of phenols is 1. The SMILES string of the molecule is O=C(O)CCCCC1CC(=O)c2ccc(O)cc2O1. The maximum Gasteiger partial charge on any atom is 0.303 e. The Labute approximate surface area is 110 Å². The number of hydrogen-bond donors (Lipinski definition) is 2. The predicted molar refractivity (Wildman–Crippen MR) is 67.6 cm³/mol. The van der Waals surface area contributed by atoms with Crippen molar-refractivity contribution in [2.24, 2.45) is 0 Å². The quantitative estimate of drug-likeness (QED) is 0.797. The summed E-state index contributed by atoms with van der Waals surface area (Å²) in [5.74, 6) is -0.321. The summed E-state index contributed by atoms with van der Waals surface area (Å²) in [5, 5.41) is 17.9. The van der Waals surface area contributed by atoms with Gasteiger partial charge >= 0.3 is 5.97 Å². The van der Waals surface area contributed by atoms with Gasteiger partial charge in [0, 0.05) is 18.9 Å². The number of carboxylic acid groups (broad SMARTS) is 1.